The van der Waals surface area contributed by atoms with Crippen LogP contribution < -0.4 is 10.9 Å². The van der Waals surface area contributed by atoms with Crippen molar-refractivity contribution in [2.45, 2.75) is 33.1 Å². The van der Waals surface area contributed by atoms with Crippen molar-refractivity contribution in [2.75, 3.05) is 5.43 Å². The van der Waals surface area contributed by atoms with E-state index in [1.807, 2.05) is 49.4 Å². The van der Waals surface area contributed by atoms with Crippen molar-refractivity contribution in [2.24, 2.45) is 0 Å². The third kappa shape index (κ3) is 4.22. The van der Waals surface area contributed by atoms with E-state index >= 15 is 0 Å². The summed E-state index contributed by atoms with van der Waals surface area (Å²) >= 11 is 6.26. The Kier molecular flexibility index (Phi) is 5.37. The van der Waals surface area contributed by atoms with Crippen molar-refractivity contribution in [1.29, 1.82) is 0 Å². The Labute approximate surface area is 185 Å². The second-order valence-electron chi connectivity index (χ2n) is 8.36. The molecule has 4 aromatic rings. The van der Waals surface area contributed by atoms with Crippen molar-refractivity contribution in [3.8, 4) is 5.69 Å². The summed E-state index contributed by atoms with van der Waals surface area (Å²) in [5.74, 6) is 0.194. The Balaban J connectivity index is 1.55. The average Bonchev–Trinajstić information content (AvgIpc) is 3.18. The SMILES string of the molecule is Cc1ccc(-n2ncc3c(NNC(=O)c4ccc(C(C)(C)C)cc4)ncnc32)cc1Cl. The molecule has 0 fully saturated rings. The zero-order valence-corrected chi connectivity index (χ0v) is 18.5. The van der Waals surface area contributed by atoms with Crippen molar-refractivity contribution in [3.63, 3.8) is 0 Å². The molecule has 0 saturated carbocycles. The lowest BCUT2D eigenvalue weighted by Crippen LogP contribution is -2.30. The van der Waals surface area contributed by atoms with Crippen molar-refractivity contribution >= 4 is 34.4 Å². The number of nitrogens with one attached hydrogen (secondary N) is 2. The molecule has 158 valence electrons. The molecule has 1 amide bonds. The maximum Gasteiger partial charge on any atom is 0.269 e. The lowest BCUT2D eigenvalue weighted by atomic mass is 9.87. The number of anilines is 1. The molecule has 0 unspecified atom stereocenters. The molecule has 2 aromatic heterocycles. The maximum absolute atomic E-state index is 12.6. The Bertz CT molecular complexity index is 1260. The Morgan fingerprint density at radius 3 is 2.48 bits per heavy atom. The van der Waals surface area contributed by atoms with Crippen molar-refractivity contribution < 1.29 is 4.79 Å². The van der Waals surface area contributed by atoms with Gasteiger partial charge in [0.15, 0.2) is 11.5 Å². The summed E-state index contributed by atoms with van der Waals surface area (Å²) in [6.45, 7) is 8.34. The molecular weight excluding hydrogens is 412 g/mol. The molecule has 0 radical (unpaired) electrons. The fourth-order valence-corrected chi connectivity index (χ4v) is 3.33. The van der Waals surface area contributed by atoms with Crippen LogP contribution >= 0.6 is 11.6 Å². The van der Waals surface area contributed by atoms with Gasteiger partial charge < -0.3 is 0 Å². The minimum Gasteiger partial charge on any atom is -0.281 e. The molecule has 0 aliphatic carbocycles. The van der Waals surface area contributed by atoms with Crippen LogP contribution in [-0.4, -0.2) is 25.7 Å². The minimum atomic E-state index is -0.259. The lowest BCUT2D eigenvalue weighted by Gasteiger charge is -2.19. The van der Waals surface area contributed by atoms with E-state index in [1.165, 1.54) is 6.33 Å². The number of hydrogen-bond acceptors (Lipinski definition) is 5. The van der Waals surface area contributed by atoms with Crippen LogP contribution in [0.3, 0.4) is 0 Å². The Morgan fingerprint density at radius 1 is 1.06 bits per heavy atom. The highest BCUT2D eigenvalue weighted by Gasteiger charge is 2.15. The Morgan fingerprint density at radius 2 is 1.81 bits per heavy atom. The van der Waals surface area contributed by atoms with Crippen LogP contribution in [0.5, 0.6) is 0 Å². The molecule has 31 heavy (non-hydrogen) atoms. The quantitative estimate of drug-likeness (QED) is 0.449. The second kappa shape index (κ2) is 8.00. The number of rotatable bonds is 4. The number of benzene rings is 2. The van der Waals surface area contributed by atoms with E-state index in [2.05, 4.69) is 46.7 Å². The van der Waals surface area contributed by atoms with Gasteiger partial charge in [0.25, 0.3) is 5.91 Å². The van der Waals surface area contributed by atoms with Gasteiger partial charge in [0, 0.05) is 10.6 Å². The van der Waals surface area contributed by atoms with Crippen LogP contribution in [0.15, 0.2) is 55.0 Å². The van der Waals surface area contributed by atoms with Crippen molar-refractivity contribution in [3.05, 3.63) is 76.7 Å². The number of nitrogens with zero attached hydrogens (tertiary/aromatic N) is 4. The second-order valence-corrected chi connectivity index (χ2v) is 8.76. The number of halogens is 1. The van der Waals surface area contributed by atoms with Gasteiger partial charge in [-0.15, -0.1) is 0 Å². The molecule has 0 aliphatic rings. The van der Waals surface area contributed by atoms with Gasteiger partial charge in [0.1, 0.15) is 6.33 Å². The van der Waals surface area contributed by atoms with E-state index in [0.717, 1.165) is 16.8 Å². The number of hydrazine groups is 1. The maximum atomic E-state index is 12.6. The standard InChI is InChI=1S/C23H23ClN6O/c1-14-5-10-17(11-19(14)24)30-21-18(12-27-30)20(25-13-26-21)28-29-22(31)15-6-8-16(9-7-15)23(2,3)4/h5-13H,1-4H3,(H,29,31)(H,25,26,28). The fourth-order valence-electron chi connectivity index (χ4n) is 3.16. The van der Waals surface area contributed by atoms with Crippen LogP contribution in [0.25, 0.3) is 16.7 Å². The Hall–Kier alpha value is -3.45. The summed E-state index contributed by atoms with van der Waals surface area (Å²) < 4.78 is 1.68. The van der Waals surface area contributed by atoms with Crippen LogP contribution in [0.2, 0.25) is 5.02 Å². The molecule has 0 spiro atoms. The molecule has 2 N–H and O–H groups in total. The van der Waals surface area contributed by atoms with E-state index in [1.54, 1.807) is 10.9 Å². The minimum absolute atomic E-state index is 0.0294. The van der Waals surface area contributed by atoms with Gasteiger partial charge in [-0.25, -0.2) is 14.6 Å². The zero-order valence-electron chi connectivity index (χ0n) is 17.8. The first-order valence-corrected chi connectivity index (χ1v) is 10.2. The van der Waals surface area contributed by atoms with Gasteiger partial charge in [-0.1, -0.05) is 50.6 Å². The predicted octanol–water partition coefficient (Wildman–Crippen LogP) is 4.83. The van der Waals surface area contributed by atoms with Crippen LogP contribution in [0.4, 0.5) is 5.82 Å². The number of carbonyl (C=O) groups excluding carboxylic acids is 1. The average molecular weight is 435 g/mol. The first kappa shape index (κ1) is 20.8. The van der Waals surface area contributed by atoms with Crippen LogP contribution in [0.1, 0.15) is 42.3 Å². The van der Waals surface area contributed by atoms with Gasteiger partial charge in [-0.2, -0.15) is 5.10 Å². The molecule has 7 nitrogen and oxygen atoms in total. The lowest BCUT2D eigenvalue weighted by molar-refractivity contribution is 0.0962. The van der Waals surface area contributed by atoms with Crippen molar-refractivity contribution in [1.82, 2.24) is 25.2 Å². The van der Waals surface area contributed by atoms with Crippen LogP contribution in [0, 0.1) is 6.92 Å². The van der Waals surface area contributed by atoms with E-state index in [4.69, 9.17) is 11.6 Å². The summed E-state index contributed by atoms with van der Waals surface area (Å²) in [5.41, 5.74) is 9.70. The fraction of sp³-hybridized carbons (Fsp3) is 0.217. The van der Waals surface area contributed by atoms with Gasteiger partial charge in [-0.3, -0.25) is 15.6 Å². The van der Waals surface area contributed by atoms with Gasteiger partial charge in [-0.05, 0) is 47.7 Å². The van der Waals surface area contributed by atoms with Crippen LogP contribution in [-0.2, 0) is 5.41 Å². The van der Waals surface area contributed by atoms with E-state index in [9.17, 15) is 4.79 Å². The van der Waals surface area contributed by atoms with Gasteiger partial charge >= 0.3 is 0 Å². The molecular formula is C23H23ClN6O. The van der Waals surface area contributed by atoms with E-state index in [-0.39, 0.29) is 11.3 Å². The molecule has 4 rings (SSSR count). The van der Waals surface area contributed by atoms with E-state index < -0.39 is 0 Å². The third-order valence-corrected chi connectivity index (χ3v) is 5.48. The largest absolute Gasteiger partial charge is 0.281 e. The number of hydrogen-bond donors (Lipinski definition) is 2. The monoisotopic (exact) mass is 434 g/mol. The first-order valence-electron chi connectivity index (χ1n) is 9.86. The molecule has 0 aliphatic heterocycles. The summed E-state index contributed by atoms with van der Waals surface area (Å²) in [6.07, 6.45) is 3.07. The molecule has 2 heterocycles. The zero-order chi connectivity index (χ0) is 22.2. The van der Waals surface area contributed by atoms with Gasteiger partial charge in [0.05, 0.1) is 17.3 Å². The van der Waals surface area contributed by atoms with E-state index in [0.29, 0.717) is 27.4 Å². The topological polar surface area (TPSA) is 84.7 Å². The molecule has 8 heteroatoms. The summed E-state index contributed by atoms with van der Waals surface area (Å²) in [7, 11) is 0. The molecule has 0 atom stereocenters. The predicted molar refractivity (Wildman–Crippen MR) is 123 cm³/mol. The summed E-state index contributed by atoms with van der Waals surface area (Å²) in [5, 5.41) is 5.74. The molecule has 0 saturated heterocycles. The summed E-state index contributed by atoms with van der Waals surface area (Å²) in [4.78, 5) is 21.1. The van der Waals surface area contributed by atoms with Gasteiger partial charge in [0.2, 0.25) is 0 Å². The number of carbonyl (C=O) groups is 1. The highest BCUT2D eigenvalue weighted by atomic mass is 35.5. The normalized spacial score (nSPS) is 11.5. The smallest absolute Gasteiger partial charge is 0.269 e. The number of fused-ring (bicyclic) bond motifs is 1. The number of aryl methyl sites for hydroxylation is 1. The summed E-state index contributed by atoms with van der Waals surface area (Å²) in [6, 6.07) is 13.2. The first-order chi connectivity index (χ1) is 14.7. The highest BCUT2D eigenvalue weighted by Crippen LogP contribution is 2.25. The molecule has 0 bridgehead atoms. The third-order valence-electron chi connectivity index (χ3n) is 5.07. The highest BCUT2D eigenvalue weighted by molar-refractivity contribution is 6.31. The number of aromatic nitrogens is 4. The molecule has 2 aromatic carbocycles. The number of amides is 1.